The third-order valence-corrected chi connectivity index (χ3v) is 6.23. The number of hydrogen-bond acceptors (Lipinski definition) is 4. The number of amides is 2. The third kappa shape index (κ3) is 8.33. The Labute approximate surface area is 174 Å². The second-order valence-electron chi connectivity index (χ2n) is 8.50. The van der Waals surface area contributed by atoms with Crippen molar-refractivity contribution in [3.63, 3.8) is 0 Å². The van der Waals surface area contributed by atoms with Crippen LogP contribution in [0.5, 0.6) is 0 Å². The Balaban J connectivity index is 1.65. The summed E-state index contributed by atoms with van der Waals surface area (Å²) in [5.74, 6) is -0.369. The van der Waals surface area contributed by atoms with E-state index in [1.54, 1.807) is 0 Å². The van der Waals surface area contributed by atoms with Gasteiger partial charge in [0.05, 0.1) is 12.2 Å². The first-order chi connectivity index (χ1) is 14.0. The van der Waals surface area contributed by atoms with Gasteiger partial charge in [0.15, 0.2) is 0 Å². The van der Waals surface area contributed by atoms with Gasteiger partial charge in [-0.3, -0.25) is 14.4 Å². The molecule has 166 valence electrons. The van der Waals surface area contributed by atoms with Crippen molar-refractivity contribution in [2.24, 2.45) is 11.8 Å². The van der Waals surface area contributed by atoms with Gasteiger partial charge in [-0.25, -0.2) is 0 Å². The van der Waals surface area contributed by atoms with Crippen molar-refractivity contribution in [3.05, 3.63) is 0 Å². The van der Waals surface area contributed by atoms with Crippen LogP contribution in [0.2, 0.25) is 0 Å². The molecule has 3 N–H and O–H groups in total. The highest BCUT2D eigenvalue weighted by molar-refractivity contribution is 5.96. The number of ether oxygens (including phenoxy) is 1. The summed E-state index contributed by atoms with van der Waals surface area (Å²) >= 11 is 0. The zero-order valence-electron chi connectivity index (χ0n) is 17.8. The van der Waals surface area contributed by atoms with Crippen LogP contribution in [0.25, 0.3) is 0 Å². The molecule has 7 nitrogen and oxygen atoms in total. The number of rotatable bonds is 15. The number of hydrogen-bond donors (Lipinski definition) is 3. The maximum Gasteiger partial charge on any atom is 0.303 e. The van der Waals surface area contributed by atoms with Crippen molar-refractivity contribution < 1.29 is 24.2 Å². The number of fused-ring (bicyclic) bond motifs is 2. The Bertz CT molecular complexity index is 539. The van der Waals surface area contributed by atoms with E-state index in [1.807, 2.05) is 0 Å². The topological polar surface area (TPSA) is 105 Å². The fraction of sp³-hybridized carbons (Fsp3) is 0.864. The molecule has 0 radical (unpaired) electrons. The summed E-state index contributed by atoms with van der Waals surface area (Å²) in [7, 11) is 0. The van der Waals surface area contributed by atoms with Gasteiger partial charge in [-0.15, -0.1) is 0 Å². The lowest BCUT2D eigenvalue weighted by Crippen LogP contribution is -2.39. The minimum atomic E-state index is -0.725. The van der Waals surface area contributed by atoms with Crippen molar-refractivity contribution in [1.82, 2.24) is 10.6 Å². The number of carboxylic acid groups (broad SMARTS) is 1. The molecular formula is C22H38N2O5. The molecule has 2 rings (SSSR count). The molecule has 2 heterocycles. The lowest BCUT2D eigenvalue weighted by Gasteiger charge is -2.28. The van der Waals surface area contributed by atoms with Crippen LogP contribution in [-0.4, -0.2) is 48.2 Å². The SMILES string of the molecule is CCCCCNC(=O)CC(=O)NCC1C2CCC(O2)C1CCCCCCC(=O)O. The third-order valence-electron chi connectivity index (χ3n) is 6.23. The molecule has 2 bridgehead atoms. The highest BCUT2D eigenvalue weighted by Gasteiger charge is 2.48. The van der Waals surface area contributed by atoms with Crippen LogP contribution in [-0.2, 0) is 19.1 Å². The molecule has 2 amide bonds. The molecule has 0 aromatic carbocycles. The molecule has 7 heteroatoms. The predicted octanol–water partition coefficient (Wildman–Crippen LogP) is 3.02. The molecule has 4 unspecified atom stereocenters. The fourth-order valence-electron chi connectivity index (χ4n) is 4.67. The Hall–Kier alpha value is -1.63. The van der Waals surface area contributed by atoms with Gasteiger partial charge in [-0.1, -0.05) is 39.0 Å². The van der Waals surface area contributed by atoms with Gasteiger partial charge < -0.3 is 20.5 Å². The average molecular weight is 411 g/mol. The Morgan fingerprint density at radius 2 is 1.59 bits per heavy atom. The quantitative estimate of drug-likeness (QED) is 0.284. The van der Waals surface area contributed by atoms with E-state index < -0.39 is 5.97 Å². The molecule has 4 atom stereocenters. The van der Waals surface area contributed by atoms with Crippen molar-refractivity contribution in [2.45, 2.75) is 96.2 Å². The van der Waals surface area contributed by atoms with Crippen LogP contribution in [0.15, 0.2) is 0 Å². The average Bonchev–Trinajstić information content (AvgIpc) is 3.28. The maximum absolute atomic E-state index is 12.1. The summed E-state index contributed by atoms with van der Waals surface area (Å²) in [4.78, 5) is 34.5. The van der Waals surface area contributed by atoms with Gasteiger partial charge >= 0.3 is 5.97 Å². The first-order valence-corrected chi connectivity index (χ1v) is 11.4. The van der Waals surface area contributed by atoms with E-state index in [0.29, 0.717) is 31.0 Å². The molecule has 0 saturated carbocycles. The fourth-order valence-corrected chi connectivity index (χ4v) is 4.67. The van der Waals surface area contributed by atoms with Crippen molar-refractivity contribution in [2.75, 3.05) is 13.1 Å². The van der Waals surface area contributed by atoms with Crippen molar-refractivity contribution >= 4 is 17.8 Å². The van der Waals surface area contributed by atoms with E-state index in [4.69, 9.17) is 9.84 Å². The van der Waals surface area contributed by atoms with E-state index in [1.165, 1.54) is 0 Å². The maximum atomic E-state index is 12.1. The number of carboxylic acids is 1. The minimum Gasteiger partial charge on any atom is -0.481 e. The first kappa shape index (κ1) is 23.6. The predicted molar refractivity (Wildman–Crippen MR) is 110 cm³/mol. The van der Waals surface area contributed by atoms with Gasteiger partial charge in [0, 0.05) is 25.4 Å². The Kier molecular flexibility index (Phi) is 10.5. The lowest BCUT2D eigenvalue weighted by atomic mass is 9.76. The lowest BCUT2D eigenvalue weighted by molar-refractivity contribution is -0.137. The monoisotopic (exact) mass is 410 g/mol. The van der Waals surface area contributed by atoms with Gasteiger partial charge in [0.25, 0.3) is 0 Å². The van der Waals surface area contributed by atoms with E-state index >= 15 is 0 Å². The molecule has 2 fully saturated rings. The molecule has 2 aliphatic rings. The highest BCUT2D eigenvalue weighted by Crippen LogP contribution is 2.45. The number of nitrogens with one attached hydrogen (secondary N) is 2. The van der Waals surface area contributed by atoms with Gasteiger partial charge in [-0.05, 0) is 38.0 Å². The number of unbranched alkanes of at least 4 members (excludes halogenated alkanes) is 5. The molecule has 2 aliphatic heterocycles. The van der Waals surface area contributed by atoms with Crippen LogP contribution in [0.4, 0.5) is 0 Å². The standard InChI is InChI=1S/C22H38N2O5/c1-2-3-8-13-23-20(25)14-21(26)24-15-17-16(18-11-12-19(17)29-18)9-6-4-5-7-10-22(27)28/h16-19H,2-15H2,1H3,(H,23,25)(H,24,26)(H,27,28). The summed E-state index contributed by atoms with van der Waals surface area (Å²) in [5.41, 5.74) is 0. The van der Waals surface area contributed by atoms with Crippen LogP contribution >= 0.6 is 0 Å². The zero-order chi connectivity index (χ0) is 21.1. The summed E-state index contributed by atoms with van der Waals surface area (Å²) in [5, 5.41) is 14.4. The smallest absolute Gasteiger partial charge is 0.303 e. The molecule has 29 heavy (non-hydrogen) atoms. The highest BCUT2D eigenvalue weighted by atomic mass is 16.5. The summed E-state index contributed by atoms with van der Waals surface area (Å²) in [6.07, 6.45) is 10.8. The Morgan fingerprint density at radius 3 is 2.31 bits per heavy atom. The molecule has 0 aromatic heterocycles. The van der Waals surface area contributed by atoms with E-state index in [-0.39, 0.29) is 30.8 Å². The molecule has 0 aromatic rings. The number of carbonyl (C=O) groups is 3. The summed E-state index contributed by atoms with van der Waals surface area (Å²) in [6, 6.07) is 0. The Morgan fingerprint density at radius 1 is 0.897 bits per heavy atom. The first-order valence-electron chi connectivity index (χ1n) is 11.4. The van der Waals surface area contributed by atoms with Crippen LogP contribution in [0.1, 0.15) is 84.0 Å². The van der Waals surface area contributed by atoms with E-state index in [9.17, 15) is 14.4 Å². The van der Waals surface area contributed by atoms with Crippen LogP contribution in [0.3, 0.4) is 0 Å². The summed E-state index contributed by atoms with van der Waals surface area (Å²) < 4.78 is 6.09. The molecule has 0 spiro atoms. The minimum absolute atomic E-state index is 0.109. The largest absolute Gasteiger partial charge is 0.481 e. The second-order valence-corrected chi connectivity index (χ2v) is 8.50. The second kappa shape index (κ2) is 12.8. The van der Waals surface area contributed by atoms with Gasteiger partial charge in [0.2, 0.25) is 11.8 Å². The molecule has 0 aliphatic carbocycles. The zero-order valence-corrected chi connectivity index (χ0v) is 17.8. The molecular weight excluding hydrogens is 372 g/mol. The van der Waals surface area contributed by atoms with E-state index in [2.05, 4.69) is 17.6 Å². The van der Waals surface area contributed by atoms with Crippen molar-refractivity contribution in [3.8, 4) is 0 Å². The van der Waals surface area contributed by atoms with E-state index in [0.717, 1.165) is 64.2 Å². The molecule has 2 saturated heterocycles. The van der Waals surface area contributed by atoms with Gasteiger partial charge in [-0.2, -0.15) is 0 Å². The normalized spacial score (nSPS) is 25.1. The summed E-state index contributed by atoms with van der Waals surface area (Å²) in [6.45, 7) is 3.32. The van der Waals surface area contributed by atoms with Crippen LogP contribution in [0, 0.1) is 11.8 Å². The van der Waals surface area contributed by atoms with Crippen LogP contribution < -0.4 is 10.6 Å². The van der Waals surface area contributed by atoms with Gasteiger partial charge in [0.1, 0.15) is 6.42 Å². The van der Waals surface area contributed by atoms with Crippen molar-refractivity contribution in [1.29, 1.82) is 0 Å². The number of aliphatic carboxylic acids is 1. The number of carbonyl (C=O) groups excluding carboxylic acids is 2.